The Balaban J connectivity index is 2.69. The van der Waals surface area contributed by atoms with Crippen LogP contribution in [-0.4, -0.2) is 19.7 Å². The van der Waals surface area contributed by atoms with Crippen LogP contribution in [-0.2, 0) is 0 Å². The SMILES string of the molecule is Cc1c(F)nn2ccc(C(C)O)nc12. The van der Waals surface area contributed by atoms with E-state index in [4.69, 9.17) is 0 Å². The van der Waals surface area contributed by atoms with E-state index in [1.54, 1.807) is 26.1 Å². The summed E-state index contributed by atoms with van der Waals surface area (Å²) in [5, 5.41) is 12.9. The second-order valence-corrected chi connectivity index (χ2v) is 3.21. The molecule has 0 aliphatic heterocycles. The molecular weight excluding hydrogens is 185 g/mol. The quantitative estimate of drug-likeness (QED) is 0.744. The first-order chi connectivity index (χ1) is 6.59. The topological polar surface area (TPSA) is 50.4 Å². The van der Waals surface area contributed by atoms with Gasteiger partial charge in [0.1, 0.15) is 0 Å². The lowest BCUT2D eigenvalue weighted by molar-refractivity contribution is 0.194. The number of hydrogen-bond acceptors (Lipinski definition) is 3. The summed E-state index contributed by atoms with van der Waals surface area (Å²) in [6.07, 6.45) is 0.929. The molecule has 4 nitrogen and oxygen atoms in total. The van der Waals surface area contributed by atoms with Crippen LogP contribution in [0.25, 0.3) is 5.65 Å². The standard InChI is InChI=1S/C9H10FN3O/c1-5-8(10)12-13-4-3-7(6(2)14)11-9(5)13/h3-4,6,14H,1-2H3. The van der Waals surface area contributed by atoms with Gasteiger partial charge in [-0.2, -0.15) is 4.39 Å². The first-order valence-electron chi connectivity index (χ1n) is 4.29. The van der Waals surface area contributed by atoms with Crippen LogP contribution >= 0.6 is 0 Å². The summed E-state index contributed by atoms with van der Waals surface area (Å²) in [6, 6.07) is 1.61. The van der Waals surface area contributed by atoms with E-state index in [0.717, 1.165) is 0 Å². The molecule has 74 valence electrons. The maximum Gasteiger partial charge on any atom is 0.238 e. The summed E-state index contributed by atoms with van der Waals surface area (Å²) in [7, 11) is 0. The van der Waals surface area contributed by atoms with Crippen molar-refractivity contribution in [2.45, 2.75) is 20.0 Å². The summed E-state index contributed by atoms with van der Waals surface area (Å²) in [4.78, 5) is 4.11. The Morgan fingerprint density at radius 1 is 1.57 bits per heavy atom. The molecule has 14 heavy (non-hydrogen) atoms. The van der Waals surface area contributed by atoms with Crippen molar-refractivity contribution in [2.75, 3.05) is 0 Å². The fraction of sp³-hybridized carbons (Fsp3) is 0.333. The van der Waals surface area contributed by atoms with Gasteiger partial charge in [0.05, 0.1) is 17.4 Å². The smallest absolute Gasteiger partial charge is 0.238 e. The van der Waals surface area contributed by atoms with Gasteiger partial charge in [0.2, 0.25) is 5.95 Å². The molecule has 0 bridgehead atoms. The van der Waals surface area contributed by atoms with Crippen LogP contribution in [0.4, 0.5) is 4.39 Å². The minimum Gasteiger partial charge on any atom is -0.387 e. The highest BCUT2D eigenvalue weighted by Crippen LogP contribution is 2.14. The van der Waals surface area contributed by atoms with Crippen molar-refractivity contribution in [3.05, 3.63) is 29.5 Å². The number of aryl methyl sites for hydroxylation is 1. The van der Waals surface area contributed by atoms with Crippen molar-refractivity contribution in [1.29, 1.82) is 0 Å². The van der Waals surface area contributed by atoms with Crippen molar-refractivity contribution < 1.29 is 9.50 Å². The van der Waals surface area contributed by atoms with Gasteiger partial charge in [-0.05, 0) is 19.9 Å². The number of nitrogens with zero attached hydrogens (tertiary/aromatic N) is 3. The maximum atomic E-state index is 13.0. The van der Waals surface area contributed by atoms with Gasteiger partial charge in [-0.15, -0.1) is 5.10 Å². The lowest BCUT2D eigenvalue weighted by Crippen LogP contribution is -1.99. The lowest BCUT2D eigenvalue weighted by Gasteiger charge is -2.03. The molecule has 2 heterocycles. The molecule has 2 rings (SSSR count). The Morgan fingerprint density at radius 3 is 2.93 bits per heavy atom. The number of rotatable bonds is 1. The molecule has 0 saturated heterocycles. The number of aliphatic hydroxyl groups excluding tert-OH is 1. The van der Waals surface area contributed by atoms with E-state index in [0.29, 0.717) is 16.9 Å². The highest BCUT2D eigenvalue weighted by molar-refractivity contribution is 5.46. The first-order valence-corrected chi connectivity index (χ1v) is 4.29. The van der Waals surface area contributed by atoms with E-state index in [2.05, 4.69) is 10.1 Å². The van der Waals surface area contributed by atoms with Crippen molar-refractivity contribution in [3.63, 3.8) is 0 Å². The Bertz CT molecular complexity index is 478. The normalized spacial score (nSPS) is 13.4. The van der Waals surface area contributed by atoms with Crippen molar-refractivity contribution in [3.8, 4) is 0 Å². The molecule has 0 spiro atoms. The maximum absolute atomic E-state index is 13.0. The summed E-state index contributed by atoms with van der Waals surface area (Å²) in [5.74, 6) is -0.528. The summed E-state index contributed by atoms with van der Waals surface area (Å²) >= 11 is 0. The van der Waals surface area contributed by atoms with Crippen LogP contribution < -0.4 is 0 Å². The van der Waals surface area contributed by atoms with E-state index in [1.807, 2.05) is 0 Å². The molecular formula is C9H10FN3O. The van der Waals surface area contributed by atoms with Gasteiger partial charge in [0, 0.05) is 6.20 Å². The lowest BCUT2D eigenvalue weighted by atomic mass is 10.3. The number of fused-ring (bicyclic) bond motifs is 1. The van der Waals surface area contributed by atoms with Crippen molar-refractivity contribution in [1.82, 2.24) is 14.6 Å². The molecule has 1 unspecified atom stereocenters. The molecule has 5 heteroatoms. The summed E-state index contributed by atoms with van der Waals surface area (Å²) in [6.45, 7) is 3.22. The minimum atomic E-state index is -0.655. The van der Waals surface area contributed by atoms with Gasteiger partial charge in [-0.1, -0.05) is 0 Å². The number of halogens is 1. The van der Waals surface area contributed by atoms with Crippen molar-refractivity contribution in [2.24, 2.45) is 0 Å². The fourth-order valence-electron chi connectivity index (χ4n) is 1.26. The molecule has 1 atom stereocenters. The Labute approximate surface area is 80.0 Å². The summed E-state index contributed by atoms with van der Waals surface area (Å²) < 4.78 is 14.4. The Hall–Kier alpha value is -1.49. The fourth-order valence-corrected chi connectivity index (χ4v) is 1.26. The van der Waals surface area contributed by atoms with Crippen molar-refractivity contribution >= 4 is 5.65 Å². The average molecular weight is 195 g/mol. The summed E-state index contributed by atoms with van der Waals surface area (Å²) in [5.41, 5.74) is 1.36. The molecule has 2 aromatic rings. The second-order valence-electron chi connectivity index (χ2n) is 3.21. The van der Waals surface area contributed by atoms with Crippen LogP contribution in [0.15, 0.2) is 12.3 Å². The molecule has 2 aromatic heterocycles. The number of aromatic nitrogens is 3. The third-order valence-electron chi connectivity index (χ3n) is 2.11. The second kappa shape index (κ2) is 3.02. The molecule has 0 amide bonds. The Morgan fingerprint density at radius 2 is 2.29 bits per heavy atom. The minimum absolute atomic E-state index is 0.396. The van der Waals surface area contributed by atoms with Gasteiger partial charge < -0.3 is 5.11 Å². The molecule has 0 aliphatic rings. The van der Waals surface area contributed by atoms with Gasteiger partial charge in [0.25, 0.3) is 0 Å². The van der Waals surface area contributed by atoms with Crippen LogP contribution in [0, 0.1) is 12.9 Å². The molecule has 0 aromatic carbocycles. The largest absolute Gasteiger partial charge is 0.387 e. The van der Waals surface area contributed by atoms with E-state index in [-0.39, 0.29) is 0 Å². The van der Waals surface area contributed by atoms with Gasteiger partial charge in [-0.25, -0.2) is 9.50 Å². The van der Waals surface area contributed by atoms with Crippen LogP contribution in [0.5, 0.6) is 0 Å². The van der Waals surface area contributed by atoms with E-state index in [1.165, 1.54) is 4.52 Å². The predicted octanol–water partition coefficient (Wildman–Crippen LogP) is 1.23. The molecule has 0 fully saturated rings. The third kappa shape index (κ3) is 1.26. The van der Waals surface area contributed by atoms with Gasteiger partial charge in [0.15, 0.2) is 5.65 Å². The Kier molecular flexibility index (Phi) is 1.96. The first kappa shape index (κ1) is 9.08. The van der Waals surface area contributed by atoms with Gasteiger partial charge in [-0.3, -0.25) is 0 Å². The predicted molar refractivity (Wildman–Crippen MR) is 48.3 cm³/mol. The molecule has 1 N–H and O–H groups in total. The van der Waals surface area contributed by atoms with Crippen LogP contribution in [0.1, 0.15) is 24.3 Å². The molecule has 0 saturated carbocycles. The van der Waals surface area contributed by atoms with E-state index < -0.39 is 12.1 Å². The van der Waals surface area contributed by atoms with E-state index >= 15 is 0 Å². The molecule has 0 aliphatic carbocycles. The number of hydrogen-bond donors (Lipinski definition) is 1. The highest BCUT2D eigenvalue weighted by Gasteiger charge is 2.11. The number of aliphatic hydroxyl groups is 1. The van der Waals surface area contributed by atoms with Gasteiger partial charge >= 0.3 is 0 Å². The zero-order valence-corrected chi connectivity index (χ0v) is 7.90. The average Bonchev–Trinajstić information content (AvgIpc) is 2.43. The van der Waals surface area contributed by atoms with Crippen LogP contribution in [0.3, 0.4) is 0 Å². The third-order valence-corrected chi connectivity index (χ3v) is 2.11. The zero-order valence-electron chi connectivity index (χ0n) is 7.90. The van der Waals surface area contributed by atoms with Crippen LogP contribution in [0.2, 0.25) is 0 Å². The van der Waals surface area contributed by atoms with E-state index in [9.17, 15) is 9.50 Å². The molecule has 0 radical (unpaired) electrons. The monoisotopic (exact) mass is 195 g/mol. The zero-order chi connectivity index (χ0) is 10.3. The highest BCUT2D eigenvalue weighted by atomic mass is 19.1.